The zero-order chi connectivity index (χ0) is 13.8. The first-order valence-corrected chi connectivity index (χ1v) is 7.04. The third-order valence-electron chi connectivity index (χ3n) is 2.34. The summed E-state index contributed by atoms with van der Waals surface area (Å²) < 4.78 is 52.1. The molecular weight excluding hydrogens is 298 g/mol. The normalized spacial score (nSPS) is 12.8. The monoisotopic (exact) mass is 314 g/mol. The highest BCUT2D eigenvalue weighted by molar-refractivity contribution is 7.89. The number of nitrogens with one attached hydrogen (secondary N) is 2. The highest BCUT2D eigenvalue weighted by Crippen LogP contribution is 2.16. The van der Waals surface area contributed by atoms with Gasteiger partial charge in [0.05, 0.1) is 0 Å². The number of benzene rings is 1. The quantitative estimate of drug-likeness (QED) is 0.839. The fourth-order valence-electron chi connectivity index (χ4n) is 1.42. The summed E-state index contributed by atoms with van der Waals surface area (Å²) in [6, 6.07) is 2.95. The maximum absolute atomic E-state index is 13.4. The molecule has 1 aromatic rings. The number of sulfonamides is 1. The van der Waals surface area contributed by atoms with E-state index in [0.717, 1.165) is 18.2 Å². The molecular formula is C11H17ClF2N2O2S. The minimum Gasteiger partial charge on any atom is -0.313 e. The van der Waals surface area contributed by atoms with E-state index in [0.29, 0.717) is 6.54 Å². The van der Waals surface area contributed by atoms with Crippen LogP contribution in [-0.4, -0.2) is 27.5 Å². The molecule has 0 spiro atoms. The SMILES string of the molecule is CCN[C@H](C)CNS(=O)(=O)c1cccc(F)c1F.Cl. The van der Waals surface area contributed by atoms with Gasteiger partial charge in [-0.2, -0.15) is 0 Å². The zero-order valence-electron chi connectivity index (χ0n) is 10.6. The van der Waals surface area contributed by atoms with Crippen molar-refractivity contribution in [2.45, 2.75) is 24.8 Å². The van der Waals surface area contributed by atoms with Gasteiger partial charge >= 0.3 is 0 Å². The van der Waals surface area contributed by atoms with Crippen molar-refractivity contribution in [2.75, 3.05) is 13.1 Å². The molecule has 0 aliphatic rings. The predicted octanol–water partition coefficient (Wildman–Crippen LogP) is 1.66. The van der Waals surface area contributed by atoms with Crippen LogP contribution in [0.25, 0.3) is 0 Å². The highest BCUT2D eigenvalue weighted by atomic mass is 35.5. The molecule has 2 N–H and O–H groups in total. The Labute approximate surface area is 118 Å². The van der Waals surface area contributed by atoms with E-state index in [1.54, 1.807) is 6.92 Å². The summed E-state index contributed by atoms with van der Waals surface area (Å²) in [6.45, 7) is 4.47. The van der Waals surface area contributed by atoms with Gasteiger partial charge in [-0.3, -0.25) is 0 Å². The van der Waals surface area contributed by atoms with Crippen molar-refractivity contribution in [3.8, 4) is 0 Å². The van der Waals surface area contributed by atoms with Crippen LogP contribution in [0.1, 0.15) is 13.8 Å². The summed E-state index contributed by atoms with van der Waals surface area (Å²) >= 11 is 0. The average molecular weight is 315 g/mol. The van der Waals surface area contributed by atoms with Crippen LogP contribution in [0.15, 0.2) is 23.1 Å². The first kappa shape index (κ1) is 18.2. The fraction of sp³-hybridized carbons (Fsp3) is 0.455. The van der Waals surface area contributed by atoms with Gasteiger partial charge in [0.1, 0.15) is 4.90 Å². The van der Waals surface area contributed by atoms with Crippen LogP contribution >= 0.6 is 12.4 Å². The zero-order valence-corrected chi connectivity index (χ0v) is 12.2. The van der Waals surface area contributed by atoms with E-state index in [9.17, 15) is 17.2 Å². The molecule has 0 aromatic heterocycles. The lowest BCUT2D eigenvalue weighted by molar-refractivity contribution is 0.481. The van der Waals surface area contributed by atoms with Gasteiger partial charge in [-0.1, -0.05) is 13.0 Å². The van der Waals surface area contributed by atoms with E-state index in [1.807, 2.05) is 6.92 Å². The van der Waals surface area contributed by atoms with E-state index >= 15 is 0 Å². The van der Waals surface area contributed by atoms with Crippen LogP contribution in [0.3, 0.4) is 0 Å². The molecule has 0 radical (unpaired) electrons. The summed E-state index contributed by atoms with van der Waals surface area (Å²) in [7, 11) is -4.03. The number of likely N-dealkylation sites (N-methyl/N-ethyl adjacent to an activating group) is 1. The van der Waals surface area contributed by atoms with Crippen molar-refractivity contribution in [3.05, 3.63) is 29.8 Å². The third kappa shape index (κ3) is 5.02. The Bertz CT molecular complexity index is 511. The predicted molar refractivity (Wildman–Crippen MR) is 71.9 cm³/mol. The van der Waals surface area contributed by atoms with E-state index < -0.39 is 26.6 Å². The van der Waals surface area contributed by atoms with Crippen molar-refractivity contribution >= 4 is 22.4 Å². The Morgan fingerprint density at radius 3 is 2.53 bits per heavy atom. The second kappa shape index (κ2) is 7.74. The summed E-state index contributed by atoms with van der Waals surface area (Å²) in [6.07, 6.45) is 0. The summed E-state index contributed by atoms with van der Waals surface area (Å²) in [5, 5.41) is 3.00. The lowest BCUT2D eigenvalue weighted by Crippen LogP contribution is -2.39. The van der Waals surface area contributed by atoms with Gasteiger partial charge in [-0.05, 0) is 25.6 Å². The maximum atomic E-state index is 13.4. The number of halogens is 3. The Morgan fingerprint density at radius 1 is 1.32 bits per heavy atom. The van der Waals surface area contributed by atoms with Gasteiger partial charge in [0.2, 0.25) is 10.0 Å². The van der Waals surface area contributed by atoms with Crippen molar-refractivity contribution in [1.82, 2.24) is 10.0 Å². The minimum absolute atomic E-state index is 0. The van der Waals surface area contributed by atoms with Gasteiger partial charge in [0.25, 0.3) is 0 Å². The molecule has 19 heavy (non-hydrogen) atoms. The largest absolute Gasteiger partial charge is 0.313 e. The molecule has 1 aromatic carbocycles. The molecule has 0 bridgehead atoms. The molecule has 0 aliphatic carbocycles. The van der Waals surface area contributed by atoms with Crippen LogP contribution in [0.4, 0.5) is 8.78 Å². The van der Waals surface area contributed by atoms with Gasteiger partial charge in [0, 0.05) is 12.6 Å². The van der Waals surface area contributed by atoms with Crippen LogP contribution in [0.2, 0.25) is 0 Å². The number of hydrogen-bond acceptors (Lipinski definition) is 3. The summed E-state index contributed by atoms with van der Waals surface area (Å²) in [4.78, 5) is -0.675. The van der Waals surface area contributed by atoms with Gasteiger partial charge in [-0.25, -0.2) is 21.9 Å². The Balaban J connectivity index is 0.00000324. The van der Waals surface area contributed by atoms with Crippen LogP contribution in [-0.2, 0) is 10.0 Å². The summed E-state index contributed by atoms with van der Waals surface area (Å²) in [5.41, 5.74) is 0. The third-order valence-corrected chi connectivity index (χ3v) is 3.78. The second-order valence-corrected chi connectivity index (χ2v) is 5.60. The van der Waals surface area contributed by atoms with E-state index in [1.165, 1.54) is 0 Å². The molecule has 1 rings (SSSR count). The molecule has 0 saturated carbocycles. The lowest BCUT2D eigenvalue weighted by Gasteiger charge is -2.13. The Kier molecular flexibility index (Phi) is 7.43. The van der Waals surface area contributed by atoms with Gasteiger partial charge in [-0.15, -0.1) is 12.4 Å². The lowest BCUT2D eigenvalue weighted by atomic mass is 10.3. The van der Waals surface area contributed by atoms with Crippen LogP contribution < -0.4 is 10.0 Å². The Morgan fingerprint density at radius 2 is 1.95 bits per heavy atom. The second-order valence-electron chi connectivity index (χ2n) is 3.86. The Hall–Kier alpha value is -0.760. The summed E-state index contributed by atoms with van der Waals surface area (Å²) in [5.74, 6) is -2.54. The van der Waals surface area contributed by atoms with E-state index in [2.05, 4.69) is 10.0 Å². The highest BCUT2D eigenvalue weighted by Gasteiger charge is 2.21. The van der Waals surface area contributed by atoms with Crippen LogP contribution in [0, 0.1) is 11.6 Å². The number of hydrogen-bond donors (Lipinski definition) is 2. The minimum atomic E-state index is -4.03. The molecule has 4 nitrogen and oxygen atoms in total. The molecule has 0 aliphatic heterocycles. The first-order chi connectivity index (χ1) is 8.38. The maximum Gasteiger partial charge on any atom is 0.243 e. The molecule has 1 atom stereocenters. The molecule has 8 heteroatoms. The smallest absolute Gasteiger partial charge is 0.243 e. The average Bonchev–Trinajstić information content (AvgIpc) is 2.30. The standard InChI is InChI=1S/C11H16F2N2O2S.ClH/c1-3-14-8(2)7-15-18(16,17)10-6-4-5-9(12)11(10)13;/h4-6,8,14-15H,3,7H2,1-2H3;1H/t8-;/m1./s1. The molecule has 0 saturated heterocycles. The molecule has 0 amide bonds. The van der Waals surface area contributed by atoms with Crippen molar-refractivity contribution in [1.29, 1.82) is 0 Å². The van der Waals surface area contributed by atoms with Crippen molar-refractivity contribution in [2.24, 2.45) is 0 Å². The number of rotatable bonds is 6. The van der Waals surface area contributed by atoms with Crippen molar-refractivity contribution in [3.63, 3.8) is 0 Å². The fourth-order valence-corrected chi connectivity index (χ4v) is 2.64. The van der Waals surface area contributed by atoms with Gasteiger partial charge in [0.15, 0.2) is 11.6 Å². The van der Waals surface area contributed by atoms with Crippen molar-refractivity contribution < 1.29 is 17.2 Å². The molecule has 0 unspecified atom stereocenters. The van der Waals surface area contributed by atoms with E-state index in [4.69, 9.17) is 0 Å². The van der Waals surface area contributed by atoms with Gasteiger partial charge < -0.3 is 5.32 Å². The molecule has 0 heterocycles. The first-order valence-electron chi connectivity index (χ1n) is 5.55. The topological polar surface area (TPSA) is 58.2 Å². The molecule has 0 fully saturated rings. The van der Waals surface area contributed by atoms with E-state index in [-0.39, 0.29) is 25.0 Å². The molecule has 110 valence electrons. The van der Waals surface area contributed by atoms with Crippen LogP contribution in [0.5, 0.6) is 0 Å².